The molecule has 0 N–H and O–H groups in total. The first-order valence-corrected chi connectivity index (χ1v) is 8.85. The summed E-state index contributed by atoms with van der Waals surface area (Å²) >= 11 is 0. The number of rotatable bonds is 12. The van der Waals surface area contributed by atoms with Gasteiger partial charge in [-0.3, -0.25) is 0 Å². The van der Waals surface area contributed by atoms with Crippen LogP contribution in [0.1, 0.15) is 98.3 Å². The first kappa shape index (κ1) is 22.2. The second-order valence-electron chi connectivity index (χ2n) is 6.69. The minimum atomic E-state index is 0. The topological polar surface area (TPSA) is 0 Å². The lowest BCUT2D eigenvalue weighted by Crippen LogP contribution is -2.20. The van der Waals surface area contributed by atoms with E-state index in [4.69, 9.17) is 0 Å². The molecule has 0 bridgehead atoms. The molecule has 0 radical (unpaired) electrons. The van der Waals surface area contributed by atoms with Crippen LogP contribution in [0.25, 0.3) is 0 Å². The molecule has 0 nitrogen and oxygen atoms in total. The van der Waals surface area contributed by atoms with E-state index in [1.165, 1.54) is 70.6 Å². The molecule has 0 aliphatic carbocycles. The Hall–Kier alpha value is 0.910. The van der Waals surface area contributed by atoms with Crippen LogP contribution in [0.5, 0.6) is 0 Å². The standard InChI is InChI=1S/C17H37P.BrH/c1-5-6-7-8-9-10-11-12-13-14-15-16(2)17(3,4)18;/h16H,5-15,18H2,1-4H3;1H. The van der Waals surface area contributed by atoms with Crippen molar-refractivity contribution in [2.75, 3.05) is 0 Å². The molecule has 0 aromatic heterocycles. The second kappa shape index (κ2) is 13.9. The van der Waals surface area contributed by atoms with Crippen LogP contribution in [0.3, 0.4) is 0 Å². The van der Waals surface area contributed by atoms with Crippen molar-refractivity contribution in [1.82, 2.24) is 0 Å². The highest BCUT2D eigenvalue weighted by molar-refractivity contribution is 8.93. The monoisotopic (exact) mass is 352 g/mol. The summed E-state index contributed by atoms with van der Waals surface area (Å²) in [6.45, 7) is 9.34. The Morgan fingerprint density at radius 3 is 1.53 bits per heavy atom. The van der Waals surface area contributed by atoms with Gasteiger partial charge in [-0.05, 0) is 17.5 Å². The van der Waals surface area contributed by atoms with E-state index in [9.17, 15) is 0 Å². The number of halogens is 1. The van der Waals surface area contributed by atoms with Crippen LogP contribution in [0.4, 0.5) is 0 Å². The van der Waals surface area contributed by atoms with Gasteiger partial charge in [-0.1, -0.05) is 91.9 Å². The first-order chi connectivity index (χ1) is 8.48. The number of hydrogen-bond acceptors (Lipinski definition) is 0. The van der Waals surface area contributed by atoms with E-state index in [2.05, 4.69) is 36.9 Å². The maximum Gasteiger partial charge on any atom is -0.0181 e. The zero-order valence-corrected chi connectivity index (χ0v) is 16.7. The largest absolute Gasteiger partial charge is 0.131 e. The smallest absolute Gasteiger partial charge is 0.0181 e. The van der Waals surface area contributed by atoms with Gasteiger partial charge in [0.05, 0.1) is 0 Å². The Labute approximate surface area is 135 Å². The minimum Gasteiger partial charge on any atom is -0.131 e. The van der Waals surface area contributed by atoms with E-state index in [1.54, 1.807) is 0 Å². The van der Waals surface area contributed by atoms with Crippen molar-refractivity contribution < 1.29 is 0 Å². The Morgan fingerprint density at radius 1 is 0.789 bits per heavy atom. The third kappa shape index (κ3) is 15.1. The van der Waals surface area contributed by atoms with E-state index in [0.29, 0.717) is 5.16 Å². The highest BCUT2D eigenvalue weighted by Crippen LogP contribution is 2.30. The average molecular weight is 353 g/mol. The molecule has 0 aromatic carbocycles. The van der Waals surface area contributed by atoms with Crippen molar-refractivity contribution in [2.45, 2.75) is 103 Å². The molecule has 2 atom stereocenters. The fraction of sp³-hybridized carbons (Fsp3) is 1.00. The molecule has 118 valence electrons. The number of hydrogen-bond donors (Lipinski definition) is 0. The lowest BCUT2D eigenvalue weighted by molar-refractivity contribution is 0.406. The molecule has 0 rings (SSSR count). The molecule has 0 spiro atoms. The van der Waals surface area contributed by atoms with Gasteiger partial charge in [-0.2, -0.15) is 0 Å². The molecule has 0 aliphatic heterocycles. The fourth-order valence-corrected chi connectivity index (χ4v) is 2.48. The van der Waals surface area contributed by atoms with Crippen molar-refractivity contribution in [3.8, 4) is 0 Å². The lowest BCUT2D eigenvalue weighted by atomic mass is 9.91. The van der Waals surface area contributed by atoms with E-state index < -0.39 is 0 Å². The predicted octanol–water partition coefficient (Wildman–Crippen LogP) is 7.17. The summed E-state index contributed by atoms with van der Waals surface area (Å²) in [4.78, 5) is 0. The number of unbranched alkanes of at least 4 members (excludes halogenated alkanes) is 9. The van der Waals surface area contributed by atoms with E-state index in [1.807, 2.05) is 0 Å². The summed E-state index contributed by atoms with van der Waals surface area (Å²) in [5.41, 5.74) is 0. The fourth-order valence-electron chi connectivity index (χ4n) is 2.31. The summed E-state index contributed by atoms with van der Waals surface area (Å²) in [5, 5.41) is 0.416. The predicted molar refractivity (Wildman–Crippen MR) is 99.7 cm³/mol. The van der Waals surface area contributed by atoms with E-state index >= 15 is 0 Å². The van der Waals surface area contributed by atoms with Gasteiger partial charge in [0.2, 0.25) is 0 Å². The third-order valence-electron chi connectivity index (χ3n) is 4.26. The molecule has 0 fully saturated rings. The quantitative estimate of drug-likeness (QED) is 0.258. The van der Waals surface area contributed by atoms with Gasteiger partial charge in [-0.15, -0.1) is 26.2 Å². The molecule has 0 aromatic rings. The van der Waals surface area contributed by atoms with Crippen LogP contribution < -0.4 is 0 Å². The highest BCUT2D eigenvalue weighted by atomic mass is 79.9. The van der Waals surface area contributed by atoms with Gasteiger partial charge in [-0.25, -0.2) is 0 Å². The first-order valence-electron chi connectivity index (χ1n) is 8.27. The van der Waals surface area contributed by atoms with E-state index in [-0.39, 0.29) is 17.0 Å². The Balaban J connectivity index is 0. The molecule has 0 aliphatic rings. The zero-order chi connectivity index (χ0) is 13.9. The van der Waals surface area contributed by atoms with Crippen LogP contribution in [0.15, 0.2) is 0 Å². The summed E-state index contributed by atoms with van der Waals surface area (Å²) in [7, 11) is 2.99. The average Bonchev–Trinajstić information content (AvgIpc) is 2.30. The van der Waals surface area contributed by atoms with Crippen LogP contribution >= 0.6 is 26.2 Å². The van der Waals surface area contributed by atoms with E-state index in [0.717, 1.165) is 5.92 Å². The highest BCUT2D eigenvalue weighted by Gasteiger charge is 2.19. The Bertz CT molecular complexity index is 175. The minimum absolute atomic E-state index is 0. The molecule has 0 saturated heterocycles. The van der Waals surface area contributed by atoms with Crippen molar-refractivity contribution in [3.05, 3.63) is 0 Å². The van der Waals surface area contributed by atoms with Gasteiger partial charge >= 0.3 is 0 Å². The van der Waals surface area contributed by atoms with Crippen molar-refractivity contribution in [1.29, 1.82) is 0 Å². The third-order valence-corrected chi connectivity index (χ3v) is 4.83. The summed E-state index contributed by atoms with van der Waals surface area (Å²) in [6, 6.07) is 0. The van der Waals surface area contributed by atoms with Gasteiger partial charge in [0.1, 0.15) is 0 Å². The van der Waals surface area contributed by atoms with Gasteiger partial charge in [0.25, 0.3) is 0 Å². The molecule has 0 heterocycles. The zero-order valence-electron chi connectivity index (χ0n) is 13.8. The Morgan fingerprint density at radius 2 is 1.16 bits per heavy atom. The van der Waals surface area contributed by atoms with Crippen LogP contribution in [0.2, 0.25) is 0 Å². The molecule has 2 heteroatoms. The van der Waals surface area contributed by atoms with Crippen molar-refractivity contribution in [3.63, 3.8) is 0 Å². The molecular weight excluding hydrogens is 315 g/mol. The van der Waals surface area contributed by atoms with Crippen molar-refractivity contribution >= 4 is 26.2 Å². The van der Waals surface area contributed by atoms with Crippen LogP contribution in [-0.2, 0) is 0 Å². The summed E-state index contributed by atoms with van der Waals surface area (Å²) in [6.07, 6.45) is 15.8. The molecule has 19 heavy (non-hydrogen) atoms. The summed E-state index contributed by atoms with van der Waals surface area (Å²) < 4.78 is 0. The molecular formula is C17H38BrP. The summed E-state index contributed by atoms with van der Waals surface area (Å²) in [5.74, 6) is 0.830. The second-order valence-corrected chi connectivity index (χ2v) is 8.18. The van der Waals surface area contributed by atoms with Gasteiger partial charge in [0.15, 0.2) is 0 Å². The van der Waals surface area contributed by atoms with Crippen LogP contribution in [-0.4, -0.2) is 5.16 Å². The maximum absolute atomic E-state index is 2.99. The molecule has 0 saturated carbocycles. The lowest BCUT2D eigenvalue weighted by Gasteiger charge is -2.26. The maximum atomic E-state index is 2.99. The Kier molecular flexibility index (Phi) is 16.2. The van der Waals surface area contributed by atoms with Crippen molar-refractivity contribution in [2.24, 2.45) is 5.92 Å². The molecule has 0 amide bonds. The van der Waals surface area contributed by atoms with Gasteiger partial charge < -0.3 is 0 Å². The normalized spacial score (nSPS) is 13.1. The van der Waals surface area contributed by atoms with Gasteiger partial charge in [0, 0.05) is 0 Å². The SMILES string of the molecule is Br.CCCCCCCCCCCCC(C)C(C)(C)P. The molecule has 2 unspecified atom stereocenters. The van der Waals surface area contributed by atoms with Crippen LogP contribution in [0, 0.1) is 5.92 Å².